The number of piperazine rings is 1. The molecule has 3 rings (SSSR count). The molecule has 8 heteroatoms. The summed E-state index contributed by atoms with van der Waals surface area (Å²) in [6.45, 7) is 4.12. The number of para-hydroxylation sites is 2. The lowest BCUT2D eigenvalue weighted by atomic mass is 10.2. The molecule has 2 aliphatic rings. The van der Waals surface area contributed by atoms with Crippen molar-refractivity contribution in [2.45, 2.75) is 19.4 Å². The minimum absolute atomic E-state index is 0.135. The standard InChI is InChI=1S/C18H23N3O5/c1-3-26-18(24)20-10-8-19(9-11-20)14-12-16(22)21(17(14)23)13-6-4-5-7-15(13)25-2/h4-7,14H,3,8-12H2,1-2H3. The van der Waals surface area contributed by atoms with Crippen LogP contribution in [0.3, 0.4) is 0 Å². The summed E-state index contributed by atoms with van der Waals surface area (Å²) in [6, 6.07) is 6.48. The Hall–Kier alpha value is -2.61. The number of nitrogens with zero attached hydrogens (tertiary/aromatic N) is 3. The summed E-state index contributed by atoms with van der Waals surface area (Å²) >= 11 is 0. The van der Waals surface area contributed by atoms with Crippen molar-refractivity contribution in [2.75, 3.05) is 44.8 Å². The molecule has 0 saturated carbocycles. The number of hydrogen-bond acceptors (Lipinski definition) is 6. The van der Waals surface area contributed by atoms with Gasteiger partial charge in [-0.3, -0.25) is 14.5 Å². The number of ether oxygens (including phenoxy) is 2. The average Bonchev–Trinajstić information content (AvgIpc) is 2.96. The normalized spacial score (nSPS) is 21.2. The van der Waals surface area contributed by atoms with E-state index >= 15 is 0 Å². The van der Waals surface area contributed by atoms with E-state index in [9.17, 15) is 14.4 Å². The fourth-order valence-electron chi connectivity index (χ4n) is 3.40. The van der Waals surface area contributed by atoms with E-state index in [0.717, 1.165) is 0 Å². The van der Waals surface area contributed by atoms with Gasteiger partial charge in [-0.15, -0.1) is 0 Å². The van der Waals surface area contributed by atoms with Gasteiger partial charge in [0.05, 0.1) is 31.9 Å². The molecule has 2 fully saturated rings. The molecule has 0 bridgehead atoms. The van der Waals surface area contributed by atoms with Crippen molar-refractivity contribution in [1.29, 1.82) is 0 Å². The molecule has 3 amide bonds. The first-order valence-corrected chi connectivity index (χ1v) is 8.72. The van der Waals surface area contributed by atoms with Crippen molar-refractivity contribution in [3.63, 3.8) is 0 Å². The maximum Gasteiger partial charge on any atom is 0.409 e. The fourth-order valence-corrected chi connectivity index (χ4v) is 3.40. The average molecular weight is 361 g/mol. The summed E-state index contributed by atoms with van der Waals surface area (Å²) in [7, 11) is 1.51. The lowest BCUT2D eigenvalue weighted by Crippen LogP contribution is -2.54. The number of imide groups is 1. The van der Waals surface area contributed by atoms with Crippen LogP contribution >= 0.6 is 0 Å². The molecular formula is C18H23N3O5. The Balaban J connectivity index is 1.69. The van der Waals surface area contributed by atoms with Crippen LogP contribution in [0.15, 0.2) is 24.3 Å². The molecule has 1 unspecified atom stereocenters. The van der Waals surface area contributed by atoms with Crippen LogP contribution in [0.25, 0.3) is 0 Å². The predicted molar refractivity (Wildman–Crippen MR) is 94.1 cm³/mol. The molecular weight excluding hydrogens is 338 g/mol. The summed E-state index contributed by atoms with van der Waals surface area (Å²) in [4.78, 5) is 42.0. The number of carbonyl (C=O) groups is 3. The Labute approximate surface area is 152 Å². The van der Waals surface area contributed by atoms with Gasteiger partial charge in [-0.05, 0) is 19.1 Å². The predicted octanol–water partition coefficient (Wildman–Crippen LogP) is 1.10. The third kappa shape index (κ3) is 3.37. The highest BCUT2D eigenvalue weighted by Gasteiger charge is 2.44. The van der Waals surface area contributed by atoms with Crippen molar-refractivity contribution >= 4 is 23.6 Å². The molecule has 2 saturated heterocycles. The molecule has 1 aromatic carbocycles. The Bertz CT molecular complexity index is 700. The van der Waals surface area contributed by atoms with Crippen molar-refractivity contribution in [1.82, 2.24) is 9.80 Å². The molecule has 0 N–H and O–H groups in total. The summed E-state index contributed by atoms with van der Waals surface area (Å²) < 4.78 is 10.3. The molecule has 140 valence electrons. The molecule has 8 nitrogen and oxygen atoms in total. The summed E-state index contributed by atoms with van der Waals surface area (Å²) in [6.07, 6.45) is -0.201. The molecule has 0 aromatic heterocycles. The molecule has 0 spiro atoms. The molecule has 2 heterocycles. The van der Waals surface area contributed by atoms with E-state index in [4.69, 9.17) is 9.47 Å². The molecule has 1 aromatic rings. The lowest BCUT2D eigenvalue weighted by molar-refractivity contribution is -0.123. The van der Waals surface area contributed by atoms with Gasteiger partial charge in [-0.25, -0.2) is 9.69 Å². The largest absolute Gasteiger partial charge is 0.495 e. The zero-order chi connectivity index (χ0) is 18.7. The van der Waals surface area contributed by atoms with Gasteiger partial charge in [0.2, 0.25) is 5.91 Å². The van der Waals surface area contributed by atoms with Crippen LogP contribution in [0.2, 0.25) is 0 Å². The van der Waals surface area contributed by atoms with E-state index in [1.165, 1.54) is 12.0 Å². The van der Waals surface area contributed by atoms with Gasteiger partial charge in [0.15, 0.2) is 0 Å². The first-order chi connectivity index (χ1) is 12.6. The van der Waals surface area contributed by atoms with Gasteiger partial charge in [0, 0.05) is 26.2 Å². The van der Waals surface area contributed by atoms with Crippen molar-refractivity contribution in [2.24, 2.45) is 0 Å². The molecule has 26 heavy (non-hydrogen) atoms. The van der Waals surface area contributed by atoms with Gasteiger partial charge in [0.1, 0.15) is 5.75 Å². The van der Waals surface area contributed by atoms with E-state index in [-0.39, 0.29) is 24.3 Å². The second kappa shape index (κ2) is 7.74. The van der Waals surface area contributed by atoms with Crippen molar-refractivity contribution in [3.05, 3.63) is 24.3 Å². The third-order valence-corrected chi connectivity index (χ3v) is 4.73. The third-order valence-electron chi connectivity index (χ3n) is 4.73. The fraction of sp³-hybridized carbons (Fsp3) is 0.500. The summed E-state index contributed by atoms with van der Waals surface area (Å²) in [5.74, 6) is 0.00314. The number of carbonyl (C=O) groups excluding carboxylic acids is 3. The van der Waals surface area contributed by atoms with E-state index in [1.807, 2.05) is 4.90 Å². The number of benzene rings is 1. The van der Waals surface area contributed by atoms with Gasteiger partial charge >= 0.3 is 6.09 Å². The quantitative estimate of drug-likeness (QED) is 0.748. The van der Waals surface area contributed by atoms with Gasteiger partial charge in [-0.1, -0.05) is 12.1 Å². The highest BCUT2D eigenvalue weighted by Crippen LogP contribution is 2.33. The van der Waals surface area contributed by atoms with E-state index in [0.29, 0.717) is 44.2 Å². The number of amides is 3. The Morgan fingerprint density at radius 3 is 2.50 bits per heavy atom. The van der Waals surface area contributed by atoms with Crippen LogP contribution in [0, 0.1) is 0 Å². The summed E-state index contributed by atoms with van der Waals surface area (Å²) in [5, 5.41) is 0. The molecule has 1 atom stereocenters. The topological polar surface area (TPSA) is 79.4 Å². The SMILES string of the molecule is CCOC(=O)N1CCN(C2CC(=O)N(c3ccccc3OC)C2=O)CC1. The van der Waals surface area contributed by atoms with E-state index in [2.05, 4.69) is 0 Å². The first-order valence-electron chi connectivity index (χ1n) is 8.72. The number of rotatable bonds is 4. The Morgan fingerprint density at radius 1 is 1.15 bits per heavy atom. The maximum atomic E-state index is 12.9. The lowest BCUT2D eigenvalue weighted by Gasteiger charge is -2.36. The molecule has 0 aliphatic carbocycles. The smallest absolute Gasteiger partial charge is 0.409 e. The van der Waals surface area contributed by atoms with Gasteiger partial charge in [0.25, 0.3) is 5.91 Å². The zero-order valence-corrected chi connectivity index (χ0v) is 15.0. The van der Waals surface area contributed by atoms with Crippen molar-refractivity contribution in [3.8, 4) is 5.75 Å². The minimum atomic E-state index is -0.503. The van der Waals surface area contributed by atoms with Crippen molar-refractivity contribution < 1.29 is 23.9 Å². The monoisotopic (exact) mass is 361 g/mol. The second-order valence-electron chi connectivity index (χ2n) is 6.18. The second-order valence-corrected chi connectivity index (χ2v) is 6.18. The zero-order valence-electron chi connectivity index (χ0n) is 15.0. The van der Waals surface area contributed by atoms with Crippen LogP contribution in [-0.2, 0) is 14.3 Å². The molecule has 0 radical (unpaired) electrons. The highest BCUT2D eigenvalue weighted by molar-refractivity contribution is 6.23. The highest BCUT2D eigenvalue weighted by atomic mass is 16.6. The van der Waals surface area contributed by atoms with Crippen LogP contribution in [-0.4, -0.2) is 73.6 Å². The van der Waals surface area contributed by atoms with Gasteiger partial charge in [-0.2, -0.15) is 0 Å². The first kappa shape index (κ1) is 18.2. The Morgan fingerprint density at radius 2 is 1.85 bits per heavy atom. The molecule has 2 aliphatic heterocycles. The van der Waals surface area contributed by atoms with E-state index in [1.54, 1.807) is 36.1 Å². The van der Waals surface area contributed by atoms with Crippen LogP contribution < -0.4 is 9.64 Å². The maximum absolute atomic E-state index is 12.9. The number of methoxy groups -OCH3 is 1. The van der Waals surface area contributed by atoms with Crippen LogP contribution in [0.1, 0.15) is 13.3 Å². The number of hydrogen-bond donors (Lipinski definition) is 0. The number of anilines is 1. The Kier molecular flexibility index (Phi) is 5.41. The van der Waals surface area contributed by atoms with E-state index < -0.39 is 6.04 Å². The van der Waals surface area contributed by atoms with Crippen LogP contribution in [0.5, 0.6) is 5.75 Å². The summed E-state index contributed by atoms with van der Waals surface area (Å²) in [5.41, 5.74) is 0.470. The van der Waals surface area contributed by atoms with Crippen LogP contribution in [0.4, 0.5) is 10.5 Å². The van der Waals surface area contributed by atoms with Gasteiger partial charge < -0.3 is 14.4 Å². The minimum Gasteiger partial charge on any atom is -0.495 e.